The van der Waals surface area contributed by atoms with Crippen LogP contribution in [0.1, 0.15) is 11.1 Å². The molecule has 1 amide bonds. The van der Waals surface area contributed by atoms with Gasteiger partial charge in [-0.2, -0.15) is 5.10 Å². The Morgan fingerprint density at radius 1 is 1.31 bits per heavy atom. The van der Waals surface area contributed by atoms with Crippen molar-refractivity contribution in [2.24, 2.45) is 10.2 Å². The number of nitrogens with one attached hydrogen (secondary N) is 1. The SMILES string of the molecule is COc1cc(/C=N/N=C2\NC(=O)C(Cc3ccc(Cl)cc3)S2)ccc1O. The number of nitrogens with zero attached hydrogens (tertiary/aromatic N) is 2. The highest BCUT2D eigenvalue weighted by Crippen LogP contribution is 2.26. The van der Waals surface area contributed by atoms with Crippen LogP contribution in [0.3, 0.4) is 0 Å². The minimum atomic E-state index is -0.251. The minimum absolute atomic E-state index is 0.0552. The van der Waals surface area contributed by atoms with E-state index in [0.29, 0.717) is 22.4 Å². The summed E-state index contributed by atoms with van der Waals surface area (Å²) in [5.41, 5.74) is 1.75. The van der Waals surface area contributed by atoms with Gasteiger partial charge in [-0.3, -0.25) is 4.79 Å². The molecule has 1 aliphatic heterocycles. The van der Waals surface area contributed by atoms with Crippen molar-refractivity contribution in [2.75, 3.05) is 7.11 Å². The molecule has 0 bridgehead atoms. The second-order valence-electron chi connectivity index (χ2n) is 5.51. The van der Waals surface area contributed by atoms with E-state index in [1.165, 1.54) is 31.2 Å². The van der Waals surface area contributed by atoms with Gasteiger partial charge >= 0.3 is 0 Å². The van der Waals surface area contributed by atoms with Gasteiger partial charge in [0, 0.05) is 5.02 Å². The lowest BCUT2D eigenvalue weighted by molar-refractivity contribution is -0.118. The Hall–Kier alpha value is -2.51. The molecular weight excluding hydrogens is 374 g/mol. The van der Waals surface area contributed by atoms with Gasteiger partial charge in [-0.1, -0.05) is 35.5 Å². The number of hydrogen-bond donors (Lipinski definition) is 2. The first-order valence-electron chi connectivity index (χ1n) is 7.75. The van der Waals surface area contributed by atoms with E-state index in [4.69, 9.17) is 16.3 Å². The van der Waals surface area contributed by atoms with Gasteiger partial charge in [-0.05, 0) is 47.9 Å². The van der Waals surface area contributed by atoms with Crippen LogP contribution < -0.4 is 10.1 Å². The van der Waals surface area contributed by atoms with Crippen LogP contribution in [0.5, 0.6) is 11.5 Å². The van der Waals surface area contributed by atoms with Crippen LogP contribution in [0.4, 0.5) is 0 Å². The molecule has 1 heterocycles. The number of ether oxygens (including phenoxy) is 1. The van der Waals surface area contributed by atoms with Gasteiger partial charge in [0.05, 0.1) is 18.6 Å². The highest BCUT2D eigenvalue weighted by molar-refractivity contribution is 8.15. The molecule has 0 aromatic heterocycles. The fourth-order valence-corrected chi connectivity index (χ4v) is 3.43. The summed E-state index contributed by atoms with van der Waals surface area (Å²) >= 11 is 7.22. The number of phenols is 1. The van der Waals surface area contributed by atoms with Crippen molar-refractivity contribution in [3.05, 3.63) is 58.6 Å². The molecule has 1 saturated heterocycles. The summed E-state index contributed by atoms with van der Waals surface area (Å²) in [6.07, 6.45) is 2.11. The lowest BCUT2D eigenvalue weighted by Crippen LogP contribution is -2.25. The van der Waals surface area contributed by atoms with E-state index in [9.17, 15) is 9.90 Å². The quantitative estimate of drug-likeness (QED) is 0.607. The number of phenolic OH excluding ortho intramolecular Hbond substituents is 1. The van der Waals surface area contributed by atoms with Crippen LogP contribution in [0.2, 0.25) is 5.02 Å². The molecular formula is C18H16ClN3O3S. The first-order valence-corrected chi connectivity index (χ1v) is 9.01. The molecule has 0 saturated carbocycles. The largest absolute Gasteiger partial charge is 0.504 e. The van der Waals surface area contributed by atoms with E-state index in [1.54, 1.807) is 24.3 Å². The minimum Gasteiger partial charge on any atom is -0.504 e. The average Bonchev–Trinajstić information content (AvgIpc) is 2.98. The van der Waals surface area contributed by atoms with E-state index in [-0.39, 0.29) is 16.9 Å². The third-order valence-corrected chi connectivity index (χ3v) is 4.99. The molecule has 134 valence electrons. The lowest BCUT2D eigenvalue weighted by Gasteiger charge is -2.05. The smallest absolute Gasteiger partial charge is 0.239 e. The van der Waals surface area contributed by atoms with Crippen LogP contribution >= 0.6 is 23.4 Å². The number of carbonyl (C=O) groups is 1. The Kier molecular flexibility index (Phi) is 5.80. The van der Waals surface area contributed by atoms with Crippen molar-refractivity contribution in [2.45, 2.75) is 11.7 Å². The average molecular weight is 390 g/mol. The number of methoxy groups -OCH3 is 1. The first kappa shape index (κ1) is 18.3. The standard InChI is InChI=1S/C18H16ClN3O3S/c1-25-15-8-12(4-7-14(15)23)10-20-22-18-21-17(24)16(26-18)9-11-2-5-13(19)6-3-11/h2-8,10,16,23H,9H2,1H3,(H,21,22,24)/b20-10+. The normalized spacial score (nSPS) is 18.5. The maximum atomic E-state index is 12.1. The zero-order chi connectivity index (χ0) is 18.5. The number of halogens is 1. The van der Waals surface area contributed by atoms with E-state index in [0.717, 1.165) is 11.1 Å². The zero-order valence-corrected chi connectivity index (χ0v) is 15.4. The summed E-state index contributed by atoms with van der Waals surface area (Å²) in [6.45, 7) is 0. The van der Waals surface area contributed by atoms with Crippen LogP contribution in [-0.4, -0.2) is 34.8 Å². The number of thioether (sulfide) groups is 1. The van der Waals surface area contributed by atoms with E-state index >= 15 is 0 Å². The van der Waals surface area contributed by atoms with Crippen LogP contribution in [0, 0.1) is 0 Å². The molecule has 0 radical (unpaired) electrons. The number of rotatable bonds is 5. The molecule has 2 aromatic carbocycles. The Morgan fingerprint density at radius 3 is 2.81 bits per heavy atom. The molecule has 1 unspecified atom stereocenters. The predicted molar refractivity (Wildman–Crippen MR) is 104 cm³/mol. The third kappa shape index (κ3) is 4.56. The molecule has 26 heavy (non-hydrogen) atoms. The van der Waals surface area contributed by atoms with Crippen molar-refractivity contribution in [1.82, 2.24) is 5.32 Å². The molecule has 2 aromatic rings. The molecule has 0 spiro atoms. The van der Waals surface area contributed by atoms with Gasteiger partial charge in [0.1, 0.15) is 0 Å². The molecule has 6 nitrogen and oxygen atoms in total. The molecule has 8 heteroatoms. The Balaban J connectivity index is 1.63. The molecule has 0 aliphatic carbocycles. The second-order valence-corrected chi connectivity index (χ2v) is 7.14. The van der Waals surface area contributed by atoms with Crippen molar-refractivity contribution in [3.8, 4) is 11.5 Å². The summed E-state index contributed by atoms with van der Waals surface area (Å²) in [5.74, 6) is 0.318. The summed E-state index contributed by atoms with van der Waals surface area (Å²) in [5, 5.41) is 21.2. The van der Waals surface area contributed by atoms with Gasteiger partial charge in [0.25, 0.3) is 0 Å². The predicted octanol–water partition coefficient (Wildman–Crippen LogP) is 3.22. The molecule has 1 aliphatic rings. The van der Waals surface area contributed by atoms with Gasteiger partial charge < -0.3 is 15.2 Å². The van der Waals surface area contributed by atoms with Crippen LogP contribution in [0.25, 0.3) is 0 Å². The van der Waals surface area contributed by atoms with Crippen molar-refractivity contribution in [3.63, 3.8) is 0 Å². The fourth-order valence-electron chi connectivity index (χ4n) is 2.34. The topological polar surface area (TPSA) is 83.3 Å². The Bertz CT molecular complexity index is 868. The number of aromatic hydroxyl groups is 1. The molecule has 1 atom stereocenters. The van der Waals surface area contributed by atoms with Crippen molar-refractivity contribution >= 4 is 40.7 Å². The lowest BCUT2D eigenvalue weighted by atomic mass is 10.1. The zero-order valence-electron chi connectivity index (χ0n) is 13.8. The summed E-state index contributed by atoms with van der Waals surface area (Å²) in [6, 6.07) is 12.3. The van der Waals surface area contributed by atoms with Gasteiger partial charge in [-0.15, -0.1) is 5.10 Å². The monoisotopic (exact) mass is 389 g/mol. The number of amides is 1. The fraction of sp³-hybridized carbons (Fsp3) is 0.167. The van der Waals surface area contributed by atoms with Crippen LogP contribution in [-0.2, 0) is 11.2 Å². The summed E-state index contributed by atoms with van der Waals surface area (Å²) in [4.78, 5) is 12.1. The Labute approximate surface area is 159 Å². The Morgan fingerprint density at radius 2 is 2.08 bits per heavy atom. The van der Waals surface area contributed by atoms with E-state index < -0.39 is 0 Å². The number of amidine groups is 1. The van der Waals surface area contributed by atoms with Crippen molar-refractivity contribution in [1.29, 1.82) is 0 Å². The summed E-state index contributed by atoms with van der Waals surface area (Å²) < 4.78 is 5.04. The number of carbonyl (C=O) groups excluding carboxylic acids is 1. The maximum absolute atomic E-state index is 12.1. The highest BCUT2D eigenvalue weighted by Gasteiger charge is 2.30. The maximum Gasteiger partial charge on any atom is 0.239 e. The van der Waals surface area contributed by atoms with Crippen molar-refractivity contribution < 1.29 is 14.6 Å². The third-order valence-electron chi connectivity index (χ3n) is 3.67. The van der Waals surface area contributed by atoms with E-state index in [1.807, 2.05) is 12.1 Å². The molecule has 2 N–H and O–H groups in total. The highest BCUT2D eigenvalue weighted by atomic mass is 35.5. The molecule has 1 fully saturated rings. The molecule has 3 rings (SSSR count). The van der Waals surface area contributed by atoms with Gasteiger partial charge in [-0.25, -0.2) is 0 Å². The second kappa shape index (κ2) is 8.25. The summed E-state index contributed by atoms with van der Waals surface area (Å²) in [7, 11) is 1.47. The van der Waals surface area contributed by atoms with Gasteiger partial charge in [0.2, 0.25) is 5.91 Å². The first-order chi connectivity index (χ1) is 12.5. The number of hydrogen-bond acceptors (Lipinski definition) is 6. The van der Waals surface area contributed by atoms with Gasteiger partial charge in [0.15, 0.2) is 16.7 Å². The number of benzene rings is 2. The van der Waals surface area contributed by atoms with E-state index in [2.05, 4.69) is 15.5 Å². The van der Waals surface area contributed by atoms with Crippen LogP contribution in [0.15, 0.2) is 52.7 Å².